The molecule has 0 saturated carbocycles. The molecule has 0 N–H and O–H groups in total. The summed E-state index contributed by atoms with van der Waals surface area (Å²) in [6, 6.07) is 3.97. The standard InChI is InChI=1S/C9H8N2S2/c1-2-6-12-9-11-8-7(13-9)4-3-5-10-8/h2-5H,1,6H2. The first-order valence-electron chi connectivity index (χ1n) is 3.85. The van der Waals surface area contributed by atoms with Gasteiger partial charge in [-0.2, -0.15) is 0 Å². The average molecular weight is 208 g/mol. The number of fused-ring (bicyclic) bond motifs is 1. The fourth-order valence-electron chi connectivity index (χ4n) is 0.941. The maximum Gasteiger partial charge on any atom is 0.171 e. The van der Waals surface area contributed by atoms with Crippen molar-refractivity contribution in [3.8, 4) is 0 Å². The molecule has 0 amide bonds. The molecule has 0 spiro atoms. The van der Waals surface area contributed by atoms with Crippen LogP contribution in [-0.2, 0) is 0 Å². The van der Waals surface area contributed by atoms with E-state index in [0.717, 1.165) is 20.4 Å². The Kier molecular flexibility index (Phi) is 2.61. The molecular weight excluding hydrogens is 200 g/mol. The van der Waals surface area contributed by atoms with E-state index < -0.39 is 0 Å². The molecular formula is C9H8N2S2. The van der Waals surface area contributed by atoms with Crippen LogP contribution in [0.3, 0.4) is 0 Å². The van der Waals surface area contributed by atoms with Crippen LogP contribution < -0.4 is 0 Å². The van der Waals surface area contributed by atoms with E-state index in [-0.39, 0.29) is 0 Å². The molecule has 13 heavy (non-hydrogen) atoms. The normalized spacial score (nSPS) is 10.5. The average Bonchev–Trinajstić information content (AvgIpc) is 2.57. The summed E-state index contributed by atoms with van der Waals surface area (Å²) in [5, 5.41) is 0. The molecule has 2 heterocycles. The second-order valence-corrected chi connectivity index (χ2v) is 4.70. The lowest BCUT2D eigenvalue weighted by Crippen LogP contribution is -1.73. The van der Waals surface area contributed by atoms with Crippen LogP contribution in [-0.4, -0.2) is 15.7 Å². The molecule has 2 rings (SSSR count). The molecule has 4 heteroatoms. The zero-order valence-electron chi connectivity index (χ0n) is 6.93. The molecule has 0 bridgehead atoms. The lowest BCUT2D eigenvalue weighted by molar-refractivity contribution is 1.24. The smallest absolute Gasteiger partial charge is 0.171 e. The van der Waals surface area contributed by atoms with Crippen molar-refractivity contribution in [2.45, 2.75) is 4.34 Å². The van der Waals surface area contributed by atoms with Gasteiger partial charge in [-0.3, -0.25) is 0 Å². The van der Waals surface area contributed by atoms with Gasteiger partial charge in [0.15, 0.2) is 9.99 Å². The number of hydrogen-bond donors (Lipinski definition) is 0. The van der Waals surface area contributed by atoms with Crippen LogP contribution in [0.2, 0.25) is 0 Å². The summed E-state index contributed by atoms with van der Waals surface area (Å²) >= 11 is 3.37. The van der Waals surface area contributed by atoms with Crippen molar-refractivity contribution in [1.29, 1.82) is 0 Å². The Morgan fingerprint density at radius 1 is 1.62 bits per heavy atom. The summed E-state index contributed by atoms with van der Waals surface area (Å²) < 4.78 is 2.21. The lowest BCUT2D eigenvalue weighted by atomic mass is 10.5. The van der Waals surface area contributed by atoms with E-state index in [0.29, 0.717) is 0 Å². The highest BCUT2D eigenvalue weighted by Crippen LogP contribution is 2.27. The molecule has 0 fully saturated rings. The van der Waals surface area contributed by atoms with E-state index in [9.17, 15) is 0 Å². The first-order valence-corrected chi connectivity index (χ1v) is 5.65. The van der Waals surface area contributed by atoms with E-state index >= 15 is 0 Å². The van der Waals surface area contributed by atoms with E-state index in [1.54, 1.807) is 29.3 Å². The third kappa shape index (κ3) is 1.89. The van der Waals surface area contributed by atoms with Crippen molar-refractivity contribution in [3.63, 3.8) is 0 Å². The molecule has 2 aromatic rings. The minimum Gasteiger partial charge on any atom is -0.236 e. The Bertz CT molecular complexity index is 389. The van der Waals surface area contributed by atoms with Gasteiger partial charge in [-0.1, -0.05) is 17.8 Å². The van der Waals surface area contributed by atoms with Gasteiger partial charge in [-0.25, -0.2) is 9.97 Å². The monoisotopic (exact) mass is 208 g/mol. The van der Waals surface area contributed by atoms with Crippen molar-refractivity contribution in [2.24, 2.45) is 0 Å². The fraction of sp³-hybridized carbons (Fsp3) is 0.111. The minimum absolute atomic E-state index is 0.846. The first kappa shape index (κ1) is 8.72. The van der Waals surface area contributed by atoms with Crippen LogP contribution in [0, 0.1) is 0 Å². The van der Waals surface area contributed by atoms with Crippen molar-refractivity contribution in [3.05, 3.63) is 31.0 Å². The van der Waals surface area contributed by atoms with Crippen LogP contribution >= 0.6 is 23.1 Å². The number of thioether (sulfide) groups is 1. The van der Waals surface area contributed by atoms with Gasteiger partial charge < -0.3 is 0 Å². The highest BCUT2D eigenvalue weighted by Gasteiger charge is 2.02. The van der Waals surface area contributed by atoms with E-state index in [1.165, 1.54) is 0 Å². The number of rotatable bonds is 3. The summed E-state index contributed by atoms with van der Waals surface area (Å²) in [4.78, 5) is 8.54. The van der Waals surface area contributed by atoms with Gasteiger partial charge >= 0.3 is 0 Å². The molecule has 0 atom stereocenters. The van der Waals surface area contributed by atoms with E-state index in [4.69, 9.17) is 0 Å². The predicted molar refractivity (Wildman–Crippen MR) is 58.3 cm³/mol. The van der Waals surface area contributed by atoms with Crippen molar-refractivity contribution < 1.29 is 0 Å². The molecule has 0 saturated heterocycles. The number of nitrogens with zero attached hydrogens (tertiary/aromatic N) is 2. The van der Waals surface area contributed by atoms with Crippen molar-refractivity contribution in [2.75, 3.05) is 5.75 Å². The van der Waals surface area contributed by atoms with Crippen LogP contribution in [0.25, 0.3) is 10.3 Å². The summed E-state index contributed by atoms with van der Waals surface area (Å²) in [6.07, 6.45) is 3.65. The highest BCUT2D eigenvalue weighted by molar-refractivity contribution is 8.01. The van der Waals surface area contributed by atoms with Crippen LogP contribution in [0.5, 0.6) is 0 Å². The first-order chi connectivity index (χ1) is 6.40. The van der Waals surface area contributed by atoms with Gasteiger partial charge in [0.05, 0.1) is 4.70 Å². The second-order valence-electron chi connectivity index (χ2n) is 2.40. The molecule has 0 radical (unpaired) electrons. The third-order valence-electron chi connectivity index (χ3n) is 1.47. The zero-order valence-corrected chi connectivity index (χ0v) is 8.57. The van der Waals surface area contributed by atoms with Gasteiger partial charge in [-0.15, -0.1) is 17.9 Å². The van der Waals surface area contributed by atoms with Gasteiger partial charge in [0.2, 0.25) is 0 Å². The summed E-state index contributed by atoms with van der Waals surface area (Å²) in [6.45, 7) is 3.67. The van der Waals surface area contributed by atoms with Gasteiger partial charge in [0.25, 0.3) is 0 Å². The number of pyridine rings is 1. The molecule has 2 nitrogen and oxygen atoms in total. The molecule has 0 aliphatic heterocycles. The summed E-state index contributed by atoms with van der Waals surface area (Å²) in [5.41, 5.74) is 0.846. The molecule has 0 aliphatic carbocycles. The summed E-state index contributed by atoms with van der Waals surface area (Å²) in [7, 11) is 0. The van der Waals surface area contributed by atoms with Gasteiger partial charge in [0.1, 0.15) is 0 Å². The van der Waals surface area contributed by atoms with Gasteiger partial charge in [0, 0.05) is 11.9 Å². The highest BCUT2D eigenvalue weighted by atomic mass is 32.2. The third-order valence-corrected chi connectivity index (χ3v) is 3.62. The van der Waals surface area contributed by atoms with Crippen molar-refractivity contribution >= 4 is 33.4 Å². The quantitative estimate of drug-likeness (QED) is 0.573. The maximum absolute atomic E-state index is 4.37. The Morgan fingerprint density at radius 2 is 2.54 bits per heavy atom. The second kappa shape index (κ2) is 3.89. The molecule has 0 aliphatic rings. The number of thiazole rings is 1. The van der Waals surface area contributed by atoms with E-state index in [2.05, 4.69) is 16.5 Å². The SMILES string of the molecule is C=CCSc1nc2ncccc2s1. The predicted octanol–water partition coefficient (Wildman–Crippen LogP) is 2.97. The largest absolute Gasteiger partial charge is 0.236 e. The van der Waals surface area contributed by atoms with Crippen molar-refractivity contribution in [1.82, 2.24) is 9.97 Å². The van der Waals surface area contributed by atoms with E-state index in [1.807, 2.05) is 18.2 Å². The molecule has 66 valence electrons. The lowest BCUT2D eigenvalue weighted by Gasteiger charge is -1.86. The van der Waals surface area contributed by atoms with Crippen LogP contribution in [0.15, 0.2) is 35.3 Å². The van der Waals surface area contributed by atoms with Gasteiger partial charge in [-0.05, 0) is 12.1 Å². The Balaban J connectivity index is 2.32. The van der Waals surface area contributed by atoms with Crippen LogP contribution in [0.4, 0.5) is 0 Å². The topological polar surface area (TPSA) is 25.8 Å². The Morgan fingerprint density at radius 3 is 3.31 bits per heavy atom. The fourth-order valence-corrected chi connectivity index (χ4v) is 2.72. The number of aromatic nitrogens is 2. The Labute approximate surface area is 84.7 Å². The Hall–Kier alpha value is -0.870. The summed E-state index contributed by atoms with van der Waals surface area (Å²) in [5.74, 6) is 0.903. The minimum atomic E-state index is 0.846. The molecule has 0 unspecified atom stereocenters. The zero-order chi connectivity index (χ0) is 9.10. The molecule has 0 aromatic carbocycles. The number of hydrogen-bond acceptors (Lipinski definition) is 4. The van der Waals surface area contributed by atoms with Crippen LogP contribution in [0.1, 0.15) is 0 Å². The maximum atomic E-state index is 4.37. The molecule has 2 aromatic heterocycles.